The third-order valence-corrected chi connectivity index (χ3v) is 5.69. The molecule has 27 heavy (non-hydrogen) atoms. The van der Waals surface area contributed by atoms with Crippen molar-refractivity contribution in [3.05, 3.63) is 34.9 Å². The SMILES string of the molecule is Cc1ccc(C(=O)CCC(=O)NCC(C(C)C)N2CCN(C)CC2)cc1C. The van der Waals surface area contributed by atoms with Gasteiger partial charge in [0.05, 0.1) is 0 Å². The maximum absolute atomic E-state index is 12.3. The highest BCUT2D eigenvalue weighted by molar-refractivity contribution is 5.98. The Morgan fingerprint density at radius 2 is 1.70 bits per heavy atom. The number of nitrogens with zero attached hydrogens (tertiary/aromatic N) is 2. The monoisotopic (exact) mass is 373 g/mol. The second-order valence-corrected chi connectivity index (χ2v) is 8.18. The zero-order valence-corrected chi connectivity index (χ0v) is 17.5. The largest absolute Gasteiger partial charge is 0.355 e. The Hall–Kier alpha value is -1.72. The van der Waals surface area contributed by atoms with E-state index in [1.54, 1.807) is 0 Å². The Kier molecular flexibility index (Phi) is 7.99. The fourth-order valence-corrected chi connectivity index (χ4v) is 3.53. The summed E-state index contributed by atoms with van der Waals surface area (Å²) in [5.41, 5.74) is 2.98. The zero-order valence-electron chi connectivity index (χ0n) is 17.5. The maximum Gasteiger partial charge on any atom is 0.220 e. The molecule has 1 unspecified atom stereocenters. The highest BCUT2D eigenvalue weighted by atomic mass is 16.2. The molecule has 1 saturated heterocycles. The van der Waals surface area contributed by atoms with Crippen LogP contribution in [-0.4, -0.2) is 67.3 Å². The lowest BCUT2D eigenvalue weighted by Gasteiger charge is -2.39. The Morgan fingerprint density at radius 3 is 2.30 bits per heavy atom. The van der Waals surface area contributed by atoms with E-state index in [0.717, 1.165) is 31.7 Å². The Morgan fingerprint density at radius 1 is 1.04 bits per heavy atom. The Labute approximate surface area is 164 Å². The molecule has 1 atom stereocenters. The molecule has 1 aliphatic rings. The van der Waals surface area contributed by atoms with Crippen LogP contribution in [0.4, 0.5) is 0 Å². The van der Waals surface area contributed by atoms with Crippen LogP contribution in [0, 0.1) is 19.8 Å². The van der Waals surface area contributed by atoms with Gasteiger partial charge in [0.2, 0.25) is 5.91 Å². The topological polar surface area (TPSA) is 52.7 Å². The molecule has 1 fully saturated rings. The fraction of sp³-hybridized carbons (Fsp3) is 0.636. The number of ketones is 1. The van der Waals surface area contributed by atoms with E-state index in [1.807, 2.05) is 32.0 Å². The van der Waals surface area contributed by atoms with Gasteiger partial charge in [-0.15, -0.1) is 0 Å². The van der Waals surface area contributed by atoms with Gasteiger partial charge in [0.25, 0.3) is 0 Å². The van der Waals surface area contributed by atoms with Gasteiger partial charge in [0.1, 0.15) is 0 Å². The second-order valence-electron chi connectivity index (χ2n) is 8.18. The average molecular weight is 374 g/mol. The van der Waals surface area contributed by atoms with Crippen molar-refractivity contribution in [3.63, 3.8) is 0 Å². The van der Waals surface area contributed by atoms with Gasteiger partial charge in [-0.3, -0.25) is 14.5 Å². The molecule has 1 aromatic carbocycles. The first-order chi connectivity index (χ1) is 12.8. The lowest BCUT2D eigenvalue weighted by Crippen LogP contribution is -2.54. The third-order valence-electron chi connectivity index (χ3n) is 5.69. The van der Waals surface area contributed by atoms with Crippen LogP contribution in [-0.2, 0) is 4.79 Å². The number of likely N-dealkylation sites (N-methyl/N-ethyl adjacent to an activating group) is 1. The number of carbonyl (C=O) groups is 2. The molecule has 1 aromatic rings. The molecule has 5 heteroatoms. The molecule has 1 heterocycles. The molecule has 2 rings (SSSR count). The number of amides is 1. The van der Waals surface area contributed by atoms with Crippen molar-refractivity contribution < 1.29 is 9.59 Å². The number of nitrogens with one attached hydrogen (secondary N) is 1. The number of rotatable bonds is 8. The highest BCUT2D eigenvalue weighted by Gasteiger charge is 2.25. The van der Waals surface area contributed by atoms with Crippen molar-refractivity contribution in [3.8, 4) is 0 Å². The standard InChI is InChI=1S/C22H35N3O2/c1-16(2)20(25-12-10-24(5)11-13-25)15-23-22(27)9-8-21(26)19-7-6-17(3)18(4)14-19/h6-7,14,16,20H,8-13,15H2,1-5H3,(H,23,27). The number of Topliss-reactive ketones (excluding diaryl/α,β-unsaturated/α-hetero) is 1. The van der Waals surface area contributed by atoms with Crippen LogP contribution in [0.5, 0.6) is 0 Å². The summed E-state index contributed by atoms with van der Waals surface area (Å²) in [7, 11) is 2.15. The van der Waals surface area contributed by atoms with E-state index in [-0.39, 0.29) is 24.5 Å². The predicted molar refractivity (Wildman–Crippen MR) is 110 cm³/mol. The Bertz CT molecular complexity index is 649. The number of carbonyl (C=O) groups excluding carboxylic acids is 2. The van der Waals surface area contributed by atoms with E-state index < -0.39 is 0 Å². The van der Waals surface area contributed by atoms with Crippen molar-refractivity contribution in [1.29, 1.82) is 0 Å². The molecule has 0 radical (unpaired) electrons. The lowest BCUT2D eigenvalue weighted by molar-refractivity contribution is -0.121. The summed E-state index contributed by atoms with van der Waals surface area (Å²) in [4.78, 5) is 29.4. The first kappa shape index (κ1) is 21.6. The summed E-state index contributed by atoms with van der Waals surface area (Å²) in [6.45, 7) is 13.3. The van der Waals surface area contributed by atoms with E-state index in [2.05, 4.69) is 36.0 Å². The first-order valence-electron chi connectivity index (χ1n) is 10.1. The minimum Gasteiger partial charge on any atom is -0.355 e. The molecule has 0 bridgehead atoms. The van der Waals surface area contributed by atoms with E-state index in [4.69, 9.17) is 0 Å². The Balaban J connectivity index is 1.80. The smallest absolute Gasteiger partial charge is 0.220 e. The van der Waals surface area contributed by atoms with Crippen LogP contribution >= 0.6 is 0 Å². The predicted octanol–water partition coefficient (Wildman–Crippen LogP) is 2.65. The van der Waals surface area contributed by atoms with Crippen molar-refractivity contribution in [1.82, 2.24) is 15.1 Å². The summed E-state index contributed by atoms with van der Waals surface area (Å²) >= 11 is 0. The van der Waals surface area contributed by atoms with E-state index >= 15 is 0 Å². The molecule has 150 valence electrons. The van der Waals surface area contributed by atoms with Crippen LogP contribution in [0.3, 0.4) is 0 Å². The van der Waals surface area contributed by atoms with Crippen molar-refractivity contribution in [2.45, 2.75) is 46.6 Å². The maximum atomic E-state index is 12.3. The molecule has 5 nitrogen and oxygen atoms in total. The van der Waals surface area contributed by atoms with E-state index in [1.165, 1.54) is 5.56 Å². The summed E-state index contributed by atoms with van der Waals surface area (Å²) in [5.74, 6) is 0.477. The number of hydrogen-bond acceptors (Lipinski definition) is 4. The van der Waals surface area contributed by atoms with Gasteiger partial charge >= 0.3 is 0 Å². The first-order valence-corrected chi connectivity index (χ1v) is 10.1. The van der Waals surface area contributed by atoms with Crippen LogP contribution in [0.1, 0.15) is 48.2 Å². The van der Waals surface area contributed by atoms with Gasteiger partial charge in [0.15, 0.2) is 5.78 Å². The number of aryl methyl sites for hydroxylation is 2. The minimum absolute atomic E-state index is 0.0349. The zero-order chi connectivity index (χ0) is 20.0. The molecule has 1 amide bonds. The molecule has 1 aliphatic heterocycles. The molecular formula is C22H35N3O2. The van der Waals surface area contributed by atoms with Crippen molar-refractivity contribution >= 4 is 11.7 Å². The quantitative estimate of drug-likeness (QED) is 0.712. The number of benzene rings is 1. The molecule has 0 aliphatic carbocycles. The normalized spacial score (nSPS) is 17.1. The van der Waals surface area contributed by atoms with Crippen molar-refractivity contribution in [2.24, 2.45) is 5.92 Å². The van der Waals surface area contributed by atoms with Gasteiger partial charge in [-0.1, -0.05) is 26.0 Å². The van der Waals surface area contributed by atoms with Crippen LogP contribution in [0.2, 0.25) is 0 Å². The summed E-state index contributed by atoms with van der Waals surface area (Å²) in [5, 5.41) is 3.05. The number of piperazine rings is 1. The number of hydrogen-bond donors (Lipinski definition) is 1. The summed E-state index contributed by atoms with van der Waals surface area (Å²) < 4.78 is 0. The minimum atomic E-state index is -0.0352. The molecular weight excluding hydrogens is 338 g/mol. The van der Waals surface area contributed by atoms with Crippen LogP contribution in [0.15, 0.2) is 18.2 Å². The van der Waals surface area contributed by atoms with Crippen molar-refractivity contribution in [2.75, 3.05) is 39.8 Å². The molecule has 1 N–H and O–H groups in total. The summed E-state index contributed by atoms with van der Waals surface area (Å²) in [6, 6.07) is 6.08. The second kappa shape index (κ2) is 10.00. The molecule has 0 aromatic heterocycles. The third kappa shape index (κ3) is 6.43. The van der Waals surface area contributed by atoms with Gasteiger partial charge in [-0.25, -0.2) is 0 Å². The van der Waals surface area contributed by atoms with Gasteiger partial charge < -0.3 is 10.2 Å². The molecule has 0 saturated carbocycles. The molecule has 0 spiro atoms. The lowest BCUT2D eigenvalue weighted by atomic mass is 10.0. The van der Waals surface area contributed by atoms with Gasteiger partial charge in [-0.2, -0.15) is 0 Å². The van der Waals surface area contributed by atoms with E-state index in [9.17, 15) is 9.59 Å². The average Bonchev–Trinajstić information content (AvgIpc) is 2.63. The van der Waals surface area contributed by atoms with E-state index in [0.29, 0.717) is 24.1 Å². The fourth-order valence-electron chi connectivity index (χ4n) is 3.53. The van der Waals surface area contributed by atoms with Gasteiger partial charge in [-0.05, 0) is 44.0 Å². The van der Waals surface area contributed by atoms with Crippen LogP contribution < -0.4 is 5.32 Å². The summed E-state index contributed by atoms with van der Waals surface area (Å²) in [6.07, 6.45) is 0.508. The highest BCUT2D eigenvalue weighted by Crippen LogP contribution is 2.14. The van der Waals surface area contributed by atoms with Gasteiger partial charge in [0, 0.05) is 57.2 Å². The van der Waals surface area contributed by atoms with Crippen LogP contribution in [0.25, 0.3) is 0 Å².